The van der Waals surface area contributed by atoms with Crippen LogP contribution in [0.25, 0.3) is 0 Å². The normalized spacial score (nSPS) is 25.4. The molecule has 5 heteroatoms. The summed E-state index contributed by atoms with van der Waals surface area (Å²) < 4.78 is 0. The third-order valence-corrected chi connectivity index (χ3v) is 2.98. The number of hydrogen-bond acceptors (Lipinski definition) is 3. The highest BCUT2D eigenvalue weighted by Crippen LogP contribution is 2.27. The first-order chi connectivity index (χ1) is 7.93. The van der Waals surface area contributed by atoms with E-state index in [1.807, 2.05) is 6.08 Å². The Bertz CT molecular complexity index is 324. The molecule has 17 heavy (non-hydrogen) atoms. The van der Waals surface area contributed by atoms with E-state index in [9.17, 15) is 14.7 Å². The SMILES string of the molecule is CC(O)CN(C)C(=O)C1CC=CCC1C(=O)O. The Morgan fingerprint density at radius 3 is 2.35 bits per heavy atom. The molecule has 1 amide bonds. The summed E-state index contributed by atoms with van der Waals surface area (Å²) in [5, 5.41) is 18.3. The van der Waals surface area contributed by atoms with Gasteiger partial charge in [-0.25, -0.2) is 0 Å². The van der Waals surface area contributed by atoms with Crippen LogP contribution in [0.3, 0.4) is 0 Å². The van der Waals surface area contributed by atoms with E-state index in [0.29, 0.717) is 12.8 Å². The fourth-order valence-electron chi connectivity index (χ4n) is 2.13. The van der Waals surface area contributed by atoms with Crippen molar-refractivity contribution in [2.45, 2.75) is 25.9 Å². The first-order valence-electron chi connectivity index (χ1n) is 5.74. The zero-order chi connectivity index (χ0) is 13.0. The van der Waals surface area contributed by atoms with Gasteiger partial charge < -0.3 is 15.1 Å². The molecule has 0 spiro atoms. The minimum atomic E-state index is -0.932. The van der Waals surface area contributed by atoms with Crippen LogP contribution in [0.1, 0.15) is 19.8 Å². The van der Waals surface area contributed by atoms with E-state index in [2.05, 4.69) is 0 Å². The Kier molecular flexibility index (Phi) is 4.69. The predicted octanol–water partition coefficient (Wildman–Crippen LogP) is 0.493. The largest absolute Gasteiger partial charge is 0.481 e. The number of rotatable bonds is 4. The van der Waals surface area contributed by atoms with E-state index >= 15 is 0 Å². The molecule has 0 bridgehead atoms. The van der Waals surface area contributed by atoms with E-state index < -0.39 is 23.9 Å². The molecule has 0 aromatic carbocycles. The summed E-state index contributed by atoms with van der Waals surface area (Å²) in [6, 6.07) is 0. The van der Waals surface area contributed by atoms with Crippen molar-refractivity contribution in [1.29, 1.82) is 0 Å². The van der Waals surface area contributed by atoms with Crippen LogP contribution >= 0.6 is 0 Å². The fraction of sp³-hybridized carbons (Fsp3) is 0.667. The lowest BCUT2D eigenvalue weighted by molar-refractivity contribution is -0.150. The zero-order valence-electron chi connectivity index (χ0n) is 10.2. The van der Waals surface area contributed by atoms with E-state index in [1.54, 1.807) is 20.0 Å². The van der Waals surface area contributed by atoms with Crippen molar-refractivity contribution in [1.82, 2.24) is 4.90 Å². The van der Waals surface area contributed by atoms with Crippen molar-refractivity contribution in [3.8, 4) is 0 Å². The Hall–Kier alpha value is -1.36. The molecule has 0 aromatic rings. The first kappa shape index (κ1) is 13.7. The van der Waals surface area contributed by atoms with Crippen molar-refractivity contribution in [2.75, 3.05) is 13.6 Å². The summed E-state index contributed by atoms with van der Waals surface area (Å²) in [7, 11) is 1.59. The zero-order valence-corrected chi connectivity index (χ0v) is 10.2. The topological polar surface area (TPSA) is 77.8 Å². The molecule has 2 N–H and O–H groups in total. The maximum Gasteiger partial charge on any atom is 0.307 e. The number of carbonyl (C=O) groups is 2. The van der Waals surface area contributed by atoms with Gasteiger partial charge in [0.1, 0.15) is 0 Å². The summed E-state index contributed by atoms with van der Waals surface area (Å²) in [4.78, 5) is 24.5. The molecule has 0 saturated heterocycles. The lowest BCUT2D eigenvalue weighted by atomic mass is 9.82. The molecule has 3 unspecified atom stereocenters. The van der Waals surface area contributed by atoms with Gasteiger partial charge >= 0.3 is 5.97 Å². The second-order valence-electron chi connectivity index (χ2n) is 4.56. The van der Waals surface area contributed by atoms with Crippen molar-refractivity contribution in [3.05, 3.63) is 12.2 Å². The smallest absolute Gasteiger partial charge is 0.307 e. The van der Waals surface area contributed by atoms with Crippen LogP contribution in [0, 0.1) is 11.8 Å². The number of likely N-dealkylation sites (N-methyl/N-ethyl adjacent to an activating group) is 1. The van der Waals surface area contributed by atoms with Crippen molar-refractivity contribution < 1.29 is 19.8 Å². The molecule has 1 rings (SSSR count). The average molecular weight is 241 g/mol. The first-order valence-corrected chi connectivity index (χ1v) is 5.74. The molecule has 0 fully saturated rings. The van der Waals surface area contributed by atoms with Gasteiger partial charge in [0.15, 0.2) is 0 Å². The van der Waals surface area contributed by atoms with E-state index in [1.165, 1.54) is 4.90 Å². The number of aliphatic carboxylic acids is 1. The standard InChI is InChI=1S/C12H19NO4/c1-8(14)7-13(2)11(15)9-5-3-4-6-10(9)12(16)17/h3-4,8-10,14H,5-7H2,1-2H3,(H,16,17). The van der Waals surface area contributed by atoms with Gasteiger partial charge in [0.25, 0.3) is 0 Å². The van der Waals surface area contributed by atoms with Crippen molar-refractivity contribution in [3.63, 3.8) is 0 Å². The number of aliphatic hydroxyl groups excluding tert-OH is 1. The predicted molar refractivity (Wildman–Crippen MR) is 62.3 cm³/mol. The Morgan fingerprint density at radius 1 is 1.35 bits per heavy atom. The van der Waals surface area contributed by atoms with Crippen LogP contribution in [-0.2, 0) is 9.59 Å². The Labute approximate surface area is 101 Å². The van der Waals surface area contributed by atoms with Gasteiger partial charge in [0.2, 0.25) is 5.91 Å². The number of nitrogens with zero attached hydrogens (tertiary/aromatic N) is 1. The molecule has 0 heterocycles. The Morgan fingerprint density at radius 2 is 1.88 bits per heavy atom. The van der Waals surface area contributed by atoms with E-state index in [4.69, 9.17) is 5.11 Å². The molecule has 3 atom stereocenters. The third kappa shape index (κ3) is 3.56. The fourth-order valence-corrected chi connectivity index (χ4v) is 2.13. The van der Waals surface area contributed by atoms with Gasteiger partial charge in [0, 0.05) is 13.6 Å². The van der Waals surface area contributed by atoms with Crippen LogP contribution < -0.4 is 0 Å². The van der Waals surface area contributed by atoms with Gasteiger partial charge in [-0.15, -0.1) is 0 Å². The number of aliphatic hydroxyl groups is 1. The van der Waals surface area contributed by atoms with Gasteiger partial charge in [0.05, 0.1) is 17.9 Å². The molecule has 5 nitrogen and oxygen atoms in total. The van der Waals surface area contributed by atoms with Crippen LogP contribution in [-0.4, -0.2) is 46.7 Å². The third-order valence-electron chi connectivity index (χ3n) is 2.98. The average Bonchev–Trinajstić information content (AvgIpc) is 2.27. The van der Waals surface area contributed by atoms with Gasteiger partial charge in [-0.05, 0) is 19.8 Å². The minimum absolute atomic E-state index is 0.206. The molecule has 0 aliphatic heterocycles. The highest BCUT2D eigenvalue weighted by molar-refractivity contribution is 5.85. The number of hydrogen-bond donors (Lipinski definition) is 2. The molecule has 0 aromatic heterocycles. The number of carboxylic acids is 1. The number of carbonyl (C=O) groups excluding carboxylic acids is 1. The monoisotopic (exact) mass is 241 g/mol. The second-order valence-corrected chi connectivity index (χ2v) is 4.56. The molecule has 1 aliphatic carbocycles. The van der Waals surface area contributed by atoms with Gasteiger partial charge in [-0.2, -0.15) is 0 Å². The van der Waals surface area contributed by atoms with Gasteiger partial charge in [-0.3, -0.25) is 9.59 Å². The van der Waals surface area contributed by atoms with E-state index in [-0.39, 0.29) is 12.5 Å². The summed E-state index contributed by atoms with van der Waals surface area (Å²) in [6.45, 7) is 1.82. The highest BCUT2D eigenvalue weighted by Gasteiger charge is 2.35. The number of allylic oxidation sites excluding steroid dienone is 2. The van der Waals surface area contributed by atoms with Crippen LogP contribution in [0.4, 0.5) is 0 Å². The number of carboxylic acid groups (broad SMARTS) is 1. The van der Waals surface area contributed by atoms with Gasteiger partial charge in [-0.1, -0.05) is 12.2 Å². The van der Waals surface area contributed by atoms with Crippen LogP contribution in [0.15, 0.2) is 12.2 Å². The van der Waals surface area contributed by atoms with E-state index in [0.717, 1.165) is 0 Å². The number of amides is 1. The molecule has 0 saturated carbocycles. The van der Waals surface area contributed by atoms with Crippen LogP contribution in [0.2, 0.25) is 0 Å². The second kappa shape index (κ2) is 5.82. The lowest BCUT2D eigenvalue weighted by Crippen LogP contribution is -2.42. The Balaban J connectivity index is 2.72. The van der Waals surface area contributed by atoms with Crippen molar-refractivity contribution in [2.24, 2.45) is 11.8 Å². The minimum Gasteiger partial charge on any atom is -0.481 e. The van der Waals surface area contributed by atoms with Crippen molar-refractivity contribution >= 4 is 11.9 Å². The highest BCUT2D eigenvalue weighted by atomic mass is 16.4. The lowest BCUT2D eigenvalue weighted by Gasteiger charge is -2.29. The molecule has 0 radical (unpaired) electrons. The molecular weight excluding hydrogens is 222 g/mol. The quantitative estimate of drug-likeness (QED) is 0.702. The van der Waals surface area contributed by atoms with Crippen LogP contribution in [0.5, 0.6) is 0 Å². The summed E-state index contributed by atoms with van der Waals surface area (Å²) in [6.07, 6.45) is 3.90. The summed E-state index contributed by atoms with van der Waals surface area (Å²) in [5.41, 5.74) is 0. The maximum absolute atomic E-state index is 12.1. The molecule has 96 valence electrons. The maximum atomic E-state index is 12.1. The molecule has 1 aliphatic rings. The molecular formula is C12H19NO4. The summed E-state index contributed by atoms with van der Waals surface area (Å²) >= 11 is 0. The summed E-state index contributed by atoms with van der Waals surface area (Å²) in [5.74, 6) is -2.30.